The molecule has 1 amide bonds. The zero-order valence-electron chi connectivity index (χ0n) is 16.7. The highest BCUT2D eigenvalue weighted by Gasteiger charge is 2.26. The molecule has 0 aliphatic heterocycles. The number of hydrogen-bond acceptors (Lipinski definition) is 5. The molecule has 154 valence electrons. The fraction of sp³-hybridized carbons (Fsp3) is 0.391. The quantitative estimate of drug-likeness (QED) is 0.602. The van der Waals surface area contributed by atoms with E-state index in [1.54, 1.807) is 18.5 Å². The minimum absolute atomic E-state index is 0.125. The van der Waals surface area contributed by atoms with Crippen molar-refractivity contribution >= 4 is 12.0 Å². The lowest BCUT2D eigenvalue weighted by atomic mass is 9.80. The van der Waals surface area contributed by atoms with Crippen LogP contribution in [-0.2, 0) is 11.4 Å². The number of hydrogen-bond donors (Lipinski definition) is 2. The molecule has 0 unspecified atom stereocenters. The van der Waals surface area contributed by atoms with Crippen LogP contribution in [0, 0.1) is 5.92 Å². The average Bonchev–Trinajstić information content (AvgIpc) is 2.71. The number of nitrogens with zero attached hydrogens (tertiary/aromatic N) is 1. The van der Waals surface area contributed by atoms with Gasteiger partial charge in [-0.2, -0.15) is 0 Å². The summed E-state index contributed by atoms with van der Waals surface area (Å²) < 4.78 is 11.6. The van der Waals surface area contributed by atoms with Crippen molar-refractivity contribution in [2.45, 2.75) is 38.9 Å². The third-order valence-corrected chi connectivity index (χ3v) is 4.87. The number of nitrogens with one attached hydrogen (secondary N) is 1. The Balaban J connectivity index is 1.52. The van der Waals surface area contributed by atoms with Gasteiger partial charge in [-0.1, -0.05) is 12.1 Å². The van der Waals surface area contributed by atoms with Gasteiger partial charge in [-0.3, -0.25) is 9.78 Å². The van der Waals surface area contributed by atoms with Gasteiger partial charge in [-0.25, -0.2) is 0 Å². The van der Waals surface area contributed by atoms with Crippen LogP contribution >= 0.6 is 0 Å². The number of aliphatic hydroxyl groups excluding tert-OH is 1. The summed E-state index contributed by atoms with van der Waals surface area (Å²) in [5, 5.41) is 12.2. The monoisotopic (exact) mass is 396 g/mol. The molecule has 6 heteroatoms. The topological polar surface area (TPSA) is 80.7 Å². The molecule has 2 aromatic rings. The zero-order chi connectivity index (χ0) is 20.5. The maximum Gasteiger partial charge on any atom is 0.243 e. The van der Waals surface area contributed by atoms with E-state index in [4.69, 9.17) is 9.47 Å². The summed E-state index contributed by atoms with van der Waals surface area (Å²) in [5.74, 6) is 1.70. The molecule has 1 fully saturated rings. The van der Waals surface area contributed by atoms with E-state index in [0.717, 1.165) is 30.4 Å². The summed E-state index contributed by atoms with van der Waals surface area (Å²) >= 11 is 0. The lowest BCUT2D eigenvalue weighted by Gasteiger charge is -2.31. The number of benzene rings is 1. The number of carbonyl (C=O) groups excluding carboxylic acids is 1. The van der Waals surface area contributed by atoms with Crippen LogP contribution in [0.25, 0.3) is 6.08 Å². The van der Waals surface area contributed by atoms with Gasteiger partial charge in [0.15, 0.2) is 11.5 Å². The van der Waals surface area contributed by atoms with Crippen molar-refractivity contribution in [2.75, 3.05) is 13.2 Å². The number of aromatic nitrogens is 1. The fourth-order valence-corrected chi connectivity index (χ4v) is 3.23. The number of aliphatic hydroxyl groups is 1. The summed E-state index contributed by atoms with van der Waals surface area (Å²) in [6, 6.07) is 9.43. The minimum atomic E-state index is -0.147. The largest absolute Gasteiger partial charge is 0.490 e. The van der Waals surface area contributed by atoms with Crippen LogP contribution in [0.15, 0.2) is 48.8 Å². The molecule has 0 saturated heterocycles. The fourth-order valence-electron chi connectivity index (χ4n) is 3.23. The molecule has 0 bridgehead atoms. The summed E-state index contributed by atoms with van der Waals surface area (Å²) in [4.78, 5) is 16.1. The van der Waals surface area contributed by atoms with E-state index in [1.165, 1.54) is 6.08 Å². The van der Waals surface area contributed by atoms with E-state index in [-0.39, 0.29) is 12.0 Å². The first-order chi connectivity index (χ1) is 14.1. The lowest BCUT2D eigenvalue weighted by molar-refractivity contribution is -0.116. The first kappa shape index (κ1) is 20.9. The summed E-state index contributed by atoms with van der Waals surface area (Å²) in [6.45, 7) is 3.48. The molecular weight excluding hydrogens is 368 g/mol. The molecule has 1 aliphatic rings. The Morgan fingerprint density at radius 2 is 2.14 bits per heavy atom. The predicted molar refractivity (Wildman–Crippen MR) is 112 cm³/mol. The number of pyridine rings is 1. The summed E-state index contributed by atoms with van der Waals surface area (Å²) in [5.41, 5.74) is 1.84. The van der Waals surface area contributed by atoms with Gasteiger partial charge in [0.2, 0.25) is 5.91 Å². The van der Waals surface area contributed by atoms with Gasteiger partial charge in [0.05, 0.1) is 12.7 Å². The second-order valence-electron chi connectivity index (χ2n) is 7.19. The van der Waals surface area contributed by atoms with E-state index in [1.807, 2.05) is 37.3 Å². The molecule has 3 rings (SSSR count). The second kappa shape index (κ2) is 10.6. The van der Waals surface area contributed by atoms with Crippen molar-refractivity contribution in [3.8, 4) is 11.5 Å². The first-order valence-corrected chi connectivity index (χ1v) is 10.1. The van der Waals surface area contributed by atoms with E-state index in [0.29, 0.717) is 37.2 Å². The van der Waals surface area contributed by atoms with Crippen molar-refractivity contribution in [3.05, 3.63) is 59.9 Å². The van der Waals surface area contributed by atoms with Gasteiger partial charge >= 0.3 is 0 Å². The molecule has 29 heavy (non-hydrogen) atoms. The molecule has 1 heterocycles. The molecule has 0 radical (unpaired) electrons. The number of rotatable bonds is 10. The van der Waals surface area contributed by atoms with Crippen molar-refractivity contribution in [1.29, 1.82) is 0 Å². The van der Waals surface area contributed by atoms with E-state index in [2.05, 4.69) is 10.3 Å². The number of carbonyl (C=O) groups is 1. The van der Waals surface area contributed by atoms with Crippen molar-refractivity contribution in [3.63, 3.8) is 0 Å². The second-order valence-corrected chi connectivity index (χ2v) is 7.19. The third kappa shape index (κ3) is 6.61. The molecule has 2 N–H and O–H groups in total. The maximum absolute atomic E-state index is 12.0. The molecule has 0 atom stereocenters. The van der Waals surface area contributed by atoms with Crippen LogP contribution in [-0.4, -0.2) is 35.3 Å². The Hall–Kier alpha value is -2.86. The Morgan fingerprint density at radius 3 is 2.86 bits per heavy atom. The van der Waals surface area contributed by atoms with E-state index < -0.39 is 0 Å². The predicted octanol–water partition coefficient (Wildman–Crippen LogP) is 3.35. The zero-order valence-corrected chi connectivity index (χ0v) is 16.7. The molecule has 1 aliphatic carbocycles. The van der Waals surface area contributed by atoms with Crippen LogP contribution in [0.3, 0.4) is 0 Å². The standard InChI is InChI=1S/C23H28N2O4/c1-2-28-22-14-17(5-7-21(22)29-16-19-4-3-10-24-15-19)6-8-23(27)25-11-9-18-12-20(26)13-18/h3-8,10,14-15,18,20,26H,2,9,11-13,16H2,1H3,(H,25,27)/b8-6+. The van der Waals surface area contributed by atoms with Gasteiger partial charge in [0.1, 0.15) is 6.61 Å². The van der Waals surface area contributed by atoms with Crippen molar-refractivity contribution < 1.29 is 19.4 Å². The average molecular weight is 396 g/mol. The van der Waals surface area contributed by atoms with Crippen LogP contribution in [0.1, 0.15) is 37.3 Å². The van der Waals surface area contributed by atoms with E-state index >= 15 is 0 Å². The normalized spacial score (nSPS) is 18.3. The highest BCUT2D eigenvalue weighted by Crippen LogP contribution is 2.30. The lowest BCUT2D eigenvalue weighted by Crippen LogP contribution is -2.32. The SMILES string of the molecule is CCOc1cc(/C=C/C(=O)NCCC2CC(O)C2)ccc1OCc1cccnc1. The Kier molecular flexibility index (Phi) is 7.64. The van der Waals surface area contributed by atoms with E-state index in [9.17, 15) is 9.90 Å². The third-order valence-electron chi connectivity index (χ3n) is 4.87. The van der Waals surface area contributed by atoms with Gasteiger partial charge in [0.25, 0.3) is 0 Å². The van der Waals surface area contributed by atoms with Gasteiger partial charge < -0.3 is 19.9 Å². The molecule has 0 spiro atoms. The van der Waals surface area contributed by atoms with Crippen molar-refractivity contribution in [2.24, 2.45) is 5.92 Å². The smallest absolute Gasteiger partial charge is 0.243 e. The Bertz CT molecular complexity index is 817. The molecule has 1 saturated carbocycles. The van der Waals surface area contributed by atoms with Gasteiger partial charge in [-0.15, -0.1) is 0 Å². The van der Waals surface area contributed by atoms with Crippen LogP contribution in [0.5, 0.6) is 11.5 Å². The molecular formula is C23H28N2O4. The highest BCUT2D eigenvalue weighted by molar-refractivity contribution is 5.91. The van der Waals surface area contributed by atoms with Crippen molar-refractivity contribution in [1.82, 2.24) is 10.3 Å². The Morgan fingerprint density at radius 1 is 1.28 bits per heavy atom. The maximum atomic E-state index is 12.0. The van der Waals surface area contributed by atoms with Crippen LogP contribution in [0.4, 0.5) is 0 Å². The number of ether oxygens (including phenoxy) is 2. The number of amides is 1. The Labute approximate surface area is 171 Å². The minimum Gasteiger partial charge on any atom is -0.490 e. The van der Waals surface area contributed by atoms with Gasteiger partial charge in [0, 0.05) is 30.6 Å². The molecule has 6 nitrogen and oxygen atoms in total. The molecule has 1 aromatic carbocycles. The first-order valence-electron chi connectivity index (χ1n) is 10.1. The van der Waals surface area contributed by atoms with Crippen LogP contribution in [0.2, 0.25) is 0 Å². The summed E-state index contributed by atoms with van der Waals surface area (Å²) in [6.07, 6.45) is 9.24. The van der Waals surface area contributed by atoms with Crippen LogP contribution < -0.4 is 14.8 Å². The van der Waals surface area contributed by atoms with Gasteiger partial charge in [-0.05, 0) is 61.9 Å². The highest BCUT2D eigenvalue weighted by atomic mass is 16.5. The molecule has 1 aromatic heterocycles. The summed E-state index contributed by atoms with van der Waals surface area (Å²) in [7, 11) is 0.